The lowest BCUT2D eigenvalue weighted by Gasteiger charge is -2.42. The molecule has 0 bridgehead atoms. The van der Waals surface area contributed by atoms with Crippen LogP contribution in [0.3, 0.4) is 0 Å². The van der Waals surface area contributed by atoms with E-state index >= 15 is 0 Å². The van der Waals surface area contributed by atoms with Crippen molar-refractivity contribution in [1.82, 2.24) is 9.13 Å². The normalized spacial score (nSPS) is 30.7. The average Bonchev–Trinajstić information content (AvgIpc) is 0.804. The molecule has 0 radical (unpaired) electrons. The molecule has 2 heterocycles. The van der Waals surface area contributed by atoms with Gasteiger partial charge in [0, 0.05) is 54.9 Å². The fourth-order valence-electron chi connectivity index (χ4n) is 5.46. The number of para-hydroxylation sites is 3. The van der Waals surface area contributed by atoms with Gasteiger partial charge in [0.1, 0.15) is 0 Å². The van der Waals surface area contributed by atoms with Gasteiger partial charge in [-0.3, -0.25) is 0 Å². The quantitative estimate of drug-likeness (QED) is 0.183. The molecule has 0 saturated carbocycles. The summed E-state index contributed by atoms with van der Waals surface area (Å²) in [4.78, 5) is 0. The first kappa shape index (κ1) is 8.63. The molecule has 9 rings (SSSR count). The van der Waals surface area contributed by atoms with Crippen LogP contribution >= 0.6 is 0 Å². The lowest BCUT2D eigenvalue weighted by Crippen LogP contribution is -2.33. The number of hydrogen-bond acceptors (Lipinski definition) is 0. The lowest BCUT2D eigenvalue weighted by molar-refractivity contribution is 0.332. The standard InChI is InChI=1S/C44H38N2/c1-43(2)24-25-44(3,4)38-27-30(20-22-37(38)43)29-12-11-13-31(26-29)45-41-19-10-7-16-35(41)36-28-32(21-23-42(36)45)46-39-17-8-5-14-33(39)34-15-6-9-18-40(34)46/h5-23,26-28H,24-25H2,1-4H3/i1D3,2D3,3D3,4D3,5D,6D,7D,8D,9D,10D,11D,12D,13D,14D,15D,16D,17D,18D,19D,20D,21D,22D,23D,24D2,25D2,26D,27D,28D. The predicted molar refractivity (Wildman–Crippen MR) is 196 cm³/mol. The van der Waals surface area contributed by atoms with Gasteiger partial charge >= 0.3 is 0 Å². The van der Waals surface area contributed by atoms with Crippen LogP contribution in [-0.2, 0) is 10.8 Å². The predicted octanol–water partition coefficient (Wildman–Crippen LogP) is 11.9. The van der Waals surface area contributed by atoms with Crippen molar-refractivity contribution in [2.24, 2.45) is 0 Å². The maximum Gasteiger partial charge on any atom is 0.0652 e. The van der Waals surface area contributed by atoms with Crippen molar-refractivity contribution in [1.29, 1.82) is 0 Å². The molecule has 1 aliphatic carbocycles. The van der Waals surface area contributed by atoms with E-state index in [1.807, 2.05) is 0 Å². The molecule has 0 spiro atoms. The van der Waals surface area contributed by atoms with Crippen LogP contribution in [0.4, 0.5) is 0 Å². The lowest BCUT2D eigenvalue weighted by atomic mass is 9.63. The minimum absolute atomic E-state index is 0.449. The van der Waals surface area contributed by atoms with Crippen LogP contribution in [0, 0.1) is 0 Å². The Bertz CT molecular complexity index is 4230. The van der Waals surface area contributed by atoms with E-state index in [1.165, 1.54) is 0 Å². The number of nitrogens with zero attached hydrogens (tertiary/aromatic N) is 2. The third kappa shape index (κ3) is 3.96. The van der Waals surface area contributed by atoms with Crippen molar-refractivity contribution in [2.45, 2.75) is 51.0 Å². The number of rotatable bonds is 3. The summed E-state index contributed by atoms with van der Waals surface area (Å²) in [6.07, 6.45) is -9.55. The van der Waals surface area contributed by atoms with Gasteiger partial charge in [-0.2, -0.15) is 0 Å². The minimum Gasteiger partial charge on any atom is -0.309 e. The van der Waals surface area contributed by atoms with Crippen LogP contribution in [0.1, 0.15) is 103 Å². The summed E-state index contributed by atoms with van der Waals surface area (Å²) in [6.45, 7) is -18.0. The highest BCUT2D eigenvalue weighted by molar-refractivity contribution is 6.12. The van der Waals surface area contributed by atoms with Crippen LogP contribution < -0.4 is 0 Å². The molecule has 224 valence electrons. The van der Waals surface area contributed by atoms with Gasteiger partial charge in [0.15, 0.2) is 0 Å². The van der Waals surface area contributed by atoms with Crippen LogP contribution in [0.5, 0.6) is 0 Å². The van der Waals surface area contributed by atoms with Crippen molar-refractivity contribution >= 4 is 43.6 Å². The van der Waals surface area contributed by atoms with Crippen molar-refractivity contribution in [3.8, 4) is 22.5 Å². The maximum absolute atomic E-state index is 9.91. The summed E-state index contributed by atoms with van der Waals surface area (Å²) in [7, 11) is 0. The Kier molecular flexibility index (Phi) is 1.82. The highest BCUT2D eigenvalue weighted by atomic mass is 15.0. The number of fused-ring (bicyclic) bond motifs is 7. The summed E-state index contributed by atoms with van der Waals surface area (Å²) in [5.41, 5.74) is -21.5. The Morgan fingerprint density at radius 3 is 1.63 bits per heavy atom. The highest BCUT2D eigenvalue weighted by Crippen LogP contribution is 2.47. The number of benzene rings is 6. The summed E-state index contributed by atoms with van der Waals surface area (Å²) in [5.74, 6) is 0. The van der Waals surface area contributed by atoms with Crippen LogP contribution in [0.2, 0.25) is 0 Å². The van der Waals surface area contributed by atoms with Crippen molar-refractivity contribution in [2.75, 3.05) is 0 Å². The molecule has 0 amide bonds. The van der Waals surface area contributed by atoms with Gasteiger partial charge in [-0.1, -0.05) is 112 Å². The Hall–Kier alpha value is -5.08. The van der Waals surface area contributed by atoms with Gasteiger partial charge < -0.3 is 9.13 Å². The molecule has 8 aromatic rings. The van der Waals surface area contributed by atoms with Gasteiger partial charge in [-0.05, 0) is 94.2 Å². The van der Waals surface area contributed by atoms with Gasteiger partial charge in [0.25, 0.3) is 0 Å². The monoisotopic (exact) mass is 633 g/mol. The molecule has 0 saturated heterocycles. The second kappa shape index (κ2) is 9.71. The van der Waals surface area contributed by atoms with Crippen LogP contribution in [-0.4, -0.2) is 9.13 Å². The molecule has 6 aromatic carbocycles. The van der Waals surface area contributed by atoms with Crippen molar-refractivity contribution in [3.63, 3.8) is 0 Å². The fourth-order valence-corrected chi connectivity index (χ4v) is 5.46. The first-order valence-corrected chi connectivity index (χ1v) is 13.3. The zero-order valence-electron chi connectivity index (χ0n) is 60.9. The summed E-state index contributed by atoms with van der Waals surface area (Å²) < 4.78 is 342. The van der Waals surface area contributed by atoms with E-state index in [-0.39, 0.29) is 0 Å². The summed E-state index contributed by atoms with van der Waals surface area (Å²) >= 11 is 0. The first-order valence-electron chi connectivity index (χ1n) is 32.3. The van der Waals surface area contributed by atoms with Gasteiger partial charge in [0.05, 0.1) is 52.2 Å². The van der Waals surface area contributed by atoms with Gasteiger partial charge in [0.2, 0.25) is 0 Å². The number of aromatic nitrogens is 2. The average molecular weight is 633 g/mol. The zero-order chi connectivity index (χ0) is 63.9. The second-order valence-corrected chi connectivity index (χ2v) is 10.3. The molecule has 0 aliphatic heterocycles. The Balaban J connectivity index is 1.56. The molecule has 2 nitrogen and oxygen atoms in total. The van der Waals surface area contributed by atoms with Crippen LogP contribution in [0.25, 0.3) is 66.1 Å². The third-order valence-electron chi connectivity index (χ3n) is 7.49. The molecular weight excluding hydrogens is 556 g/mol. The maximum atomic E-state index is 9.91. The Morgan fingerprint density at radius 2 is 1.00 bits per heavy atom. The molecule has 46 heavy (non-hydrogen) atoms. The van der Waals surface area contributed by atoms with E-state index in [1.54, 1.807) is 0 Å². The Morgan fingerprint density at radius 1 is 0.478 bits per heavy atom. The topological polar surface area (TPSA) is 9.86 Å². The summed E-state index contributed by atoms with van der Waals surface area (Å²) in [5, 5.41) is -2.77. The Labute approximate surface area is 323 Å². The molecule has 0 atom stereocenters. The SMILES string of the molecule is [2H]c1c([2H])c(-c2c([2H])c([2H])c3c(c2[2H])C(C([2H])([2H])[2H])(C([2H])([2H])[2H])C([2H])([2H])C([2H])([2H])C3(C([2H])([2H])[2H])C([2H])([2H])[2H])c([2H])c(-n2c3c([2H])c([2H])c([2H])c([2H])c3c3c([2H])c(-n4c5c([2H])c([2H])c([2H])c([2H])c5c5c([2H])c([2H])c([2H])c([2H])c54)c([2H])c([2H])c32)c1[2H]. The second-order valence-electron chi connectivity index (χ2n) is 10.3. The van der Waals surface area contributed by atoms with E-state index in [0.29, 0.717) is 9.13 Å². The first-order chi connectivity index (χ1) is 38.0. The van der Waals surface area contributed by atoms with E-state index in [9.17, 15) is 17.8 Å². The summed E-state index contributed by atoms with van der Waals surface area (Å²) in [6, 6.07) is -26.4. The minimum atomic E-state index is -4.81. The largest absolute Gasteiger partial charge is 0.309 e. The van der Waals surface area contributed by atoms with Crippen LogP contribution in [0.15, 0.2) is 133 Å². The van der Waals surface area contributed by atoms with E-state index in [4.69, 9.17) is 34.3 Å². The third-order valence-corrected chi connectivity index (χ3v) is 7.49. The molecule has 0 N–H and O–H groups in total. The molecule has 2 heteroatoms. The number of hydrogen-bond donors (Lipinski definition) is 0. The van der Waals surface area contributed by atoms with E-state index < -0.39 is 261 Å². The highest BCUT2D eigenvalue weighted by Gasteiger charge is 2.37. The smallest absolute Gasteiger partial charge is 0.0652 e. The van der Waals surface area contributed by atoms with Crippen molar-refractivity contribution < 1.29 is 52.1 Å². The van der Waals surface area contributed by atoms with E-state index in [2.05, 4.69) is 0 Å². The fraction of sp³-hybridized carbons (Fsp3) is 0.182. The van der Waals surface area contributed by atoms with Gasteiger partial charge in [-0.25, -0.2) is 0 Å². The van der Waals surface area contributed by atoms with E-state index in [0.717, 1.165) is 0 Å². The molecule has 1 aliphatic rings. The zero-order valence-corrected chi connectivity index (χ0v) is 22.9. The molecule has 0 unspecified atom stereocenters. The van der Waals surface area contributed by atoms with Gasteiger partial charge in [-0.15, -0.1) is 0 Å². The molecule has 0 fully saturated rings. The molecule has 2 aromatic heterocycles. The molecular formula is C44H38N2. The van der Waals surface area contributed by atoms with Crippen molar-refractivity contribution in [3.05, 3.63) is 144 Å².